The minimum atomic E-state index is -0.514. The van der Waals surface area contributed by atoms with E-state index in [1.165, 1.54) is 25.3 Å². The molecule has 0 atom stereocenters. The van der Waals surface area contributed by atoms with E-state index in [4.69, 9.17) is 4.74 Å². The number of methoxy groups -OCH3 is 1. The number of nitro groups is 1. The van der Waals surface area contributed by atoms with Crippen molar-refractivity contribution in [2.24, 2.45) is 5.92 Å². The number of amides is 1. The molecule has 0 unspecified atom stereocenters. The van der Waals surface area contributed by atoms with E-state index in [2.05, 4.69) is 5.32 Å². The molecule has 0 spiro atoms. The minimum Gasteiger partial charge on any atom is -0.494 e. The van der Waals surface area contributed by atoms with Crippen LogP contribution < -0.4 is 15.0 Å². The second kappa shape index (κ2) is 9.49. The first-order valence-electron chi connectivity index (χ1n) is 9.94. The second-order valence-electron chi connectivity index (χ2n) is 7.62. The highest BCUT2D eigenvalue weighted by molar-refractivity contribution is 5.98. The first-order valence-corrected chi connectivity index (χ1v) is 9.94. The molecule has 1 amide bonds. The van der Waals surface area contributed by atoms with Crippen molar-refractivity contribution < 1.29 is 24.1 Å². The molecule has 2 N–H and O–H groups in total. The summed E-state index contributed by atoms with van der Waals surface area (Å²) in [4.78, 5) is 36.6. The number of ether oxygens (including phenoxy) is 1. The Labute approximate surface area is 175 Å². The lowest BCUT2D eigenvalue weighted by atomic mass is 9.88. The maximum Gasteiger partial charge on any atom is 0.279 e. The maximum atomic E-state index is 12.7. The summed E-state index contributed by atoms with van der Waals surface area (Å²) in [6.45, 7) is 3.75. The molecule has 0 bridgehead atoms. The Hall–Kier alpha value is -3.26. The van der Waals surface area contributed by atoms with Crippen molar-refractivity contribution in [1.82, 2.24) is 0 Å². The molecule has 8 heteroatoms. The highest BCUT2D eigenvalue weighted by Gasteiger charge is 2.29. The van der Waals surface area contributed by atoms with Crippen molar-refractivity contribution in [2.45, 2.75) is 19.8 Å². The molecule has 1 fully saturated rings. The van der Waals surface area contributed by atoms with Gasteiger partial charge in [0.15, 0.2) is 12.3 Å². The largest absolute Gasteiger partial charge is 0.494 e. The average Bonchev–Trinajstić information content (AvgIpc) is 2.74. The van der Waals surface area contributed by atoms with Crippen LogP contribution in [0.5, 0.6) is 5.75 Å². The van der Waals surface area contributed by atoms with Crippen LogP contribution in [0.2, 0.25) is 0 Å². The normalized spacial score (nSPS) is 18.5. The van der Waals surface area contributed by atoms with E-state index in [1.807, 2.05) is 31.2 Å². The number of rotatable bonds is 7. The Kier molecular flexibility index (Phi) is 6.79. The Balaban J connectivity index is 1.52. The topological polar surface area (TPSA) is 103 Å². The summed E-state index contributed by atoms with van der Waals surface area (Å²) >= 11 is 0. The van der Waals surface area contributed by atoms with Crippen LogP contribution in [-0.4, -0.2) is 43.4 Å². The molecule has 3 rings (SSSR count). The zero-order valence-corrected chi connectivity index (χ0v) is 17.1. The number of likely N-dealkylation sites (tertiary alicyclic amines) is 1. The molecule has 2 aromatic rings. The van der Waals surface area contributed by atoms with Gasteiger partial charge in [-0.3, -0.25) is 19.7 Å². The van der Waals surface area contributed by atoms with Crippen LogP contribution in [0.3, 0.4) is 0 Å². The molecular formula is C22H26N3O5+. The molecule has 0 aromatic heterocycles. The third-order valence-electron chi connectivity index (χ3n) is 5.48. The number of anilines is 1. The van der Waals surface area contributed by atoms with Crippen molar-refractivity contribution in [1.29, 1.82) is 0 Å². The van der Waals surface area contributed by atoms with Crippen LogP contribution in [0.25, 0.3) is 0 Å². The lowest BCUT2D eigenvalue weighted by Gasteiger charge is -2.28. The van der Waals surface area contributed by atoms with Gasteiger partial charge in [-0.2, -0.15) is 0 Å². The second-order valence-corrected chi connectivity index (χ2v) is 7.62. The van der Waals surface area contributed by atoms with Crippen LogP contribution in [0.15, 0.2) is 42.5 Å². The standard InChI is InChI=1S/C22H25N3O5/c1-15-3-5-16(6-4-15)22(27)17-9-11-24(12-10-17)14-21(26)23-19-8-7-18(25(28)29)13-20(19)30-2/h3-8,13,17H,9-12,14H2,1-2H3,(H,23,26)/p+1. The average molecular weight is 412 g/mol. The van der Waals surface area contributed by atoms with Crippen molar-refractivity contribution in [3.05, 3.63) is 63.7 Å². The minimum absolute atomic E-state index is 0.00529. The van der Waals surface area contributed by atoms with Gasteiger partial charge in [0.05, 0.1) is 36.9 Å². The Morgan fingerprint density at radius 3 is 2.43 bits per heavy atom. The third kappa shape index (κ3) is 5.21. The van der Waals surface area contributed by atoms with Crippen molar-refractivity contribution in [3.63, 3.8) is 0 Å². The van der Waals surface area contributed by atoms with Gasteiger partial charge >= 0.3 is 0 Å². The number of carbonyl (C=O) groups is 2. The number of aryl methyl sites for hydroxylation is 1. The molecular weight excluding hydrogens is 386 g/mol. The highest BCUT2D eigenvalue weighted by atomic mass is 16.6. The number of hydrogen-bond donors (Lipinski definition) is 2. The van der Waals surface area contributed by atoms with E-state index in [0.29, 0.717) is 5.69 Å². The Morgan fingerprint density at radius 1 is 1.17 bits per heavy atom. The van der Waals surface area contributed by atoms with Crippen LogP contribution in [0.1, 0.15) is 28.8 Å². The van der Waals surface area contributed by atoms with Gasteiger partial charge in [0.1, 0.15) is 5.75 Å². The van der Waals surface area contributed by atoms with E-state index >= 15 is 0 Å². The molecule has 2 aromatic carbocycles. The monoisotopic (exact) mass is 412 g/mol. The summed E-state index contributed by atoms with van der Waals surface area (Å²) in [5, 5.41) is 13.6. The molecule has 1 heterocycles. The Bertz CT molecular complexity index is 934. The summed E-state index contributed by atoms with van der Waals surface area (Å²) in [5.74, 6) is 0.221. The molecule has 158 valence electrons. The number of carbonyl (C=O) groups excluding carboxylic acids is 2. The van der Waals surface area contributed by atoms with Gasteiger partial charge in [-0.15, -0.1) is 0 Å². The van der Waals surface area contributed by atoms with Gasteiger partial charge < -0.3 is 15.0 Å². The van der Waals surface area contributed by atoms with Gasteiger partial charge in [0.2, 0.25) is 0 Å². The van der Waals surface area contributed by atoms with Gasteiger partial charge in [0, 0.05) is 30.4 Å². The molecule has 0 radical (unpaired) electrons. The molecule has 0 aliphatic carbocycles. The lowest BCUT2D eigenvalue weighted by Crippen LogP contribution is -3.14. The predicted octanol–water partition coefficient (Wildman–Crippen LogP) is 2.03. The van der Waals surface area contributed by atoms with Crippen LogP contribution in [-0.2, 0) is 4.79 Å². The number of piperidine rings is 1. The lowest BCUT2D eigenvalue weighted by molar-refractivity contribution is -0.897. The smallest absolute Gasteiger partial charge is 0.279 e. The first-order chi connectivity index (χ1) is 14.4. The SMILES string of the molecule is COc1cc([N+](=O)[O-])ccc1NC(=O)C[NH+]1CCC(C(=O)c2ccc(C)cc2)CC1. The molecule has 1 aliphatic heterocycles. The summed E-state index contributed by atoms with van der Waals surface area (Å²) < 4.78 is 5.15. The molecule has 0 saturated carbocycles. The molecule has 1 aliphatic rings. The number of non-ortho nitro benzene ring substituents is 1. The number of ketones is 1. The van der Waals surface area contributed by atoms with Crippen LogP contribution >= 0.6 is 0 Å². The molecule has 8 nitrogen and oxygen atoms in total. The van der Waals surface area contributed by atoms with E-state index in [0.717, 1.165) is 42.0 Å². The number of benzene rings is 2. The third-order valence-corrected chi connectivity index (χ3v) is 5.48. The van der Waals surface area contributed by atoms with Crippen molar-refractivity contribution >= 4 is 23.1 Å². The van der Waals surface area contributed by atoms with Crippen LogP contribution in [0.4, 0.5) is 11.4 Å². The fourth-order valence-electron chi connectivity index (χ4n) is 3.74. The maximum absolute atomic E-state index is 12.7. The first kappa shape index (κ1) is 21.4. The number of nitro benzene ring substituents is 1. The zero-order chi connectivity index (χ0) is 21.7. The fraction of sp³-hybridized carbons (Fsp3) is 0.364. The quantitative estimate of drug-likeness (QED) is 0.412. The van der Waals surface area contributed by atoms with Crippen LogP contribution in [0, 0.1) is 23.0 Å². The summed E-state index contributed by atoms with van der Waals surface area (Å²) in [7, 11) is 1.40. The predicted molar refractivity (Wildman–Crippen MR) is 112 cm³/mol. The number of hydrogen-bond acceptors (Lipinski definition) is 5. The van der Waals surface area contributed by atoms with E-state index < -0.39 is 4.92 Å². The van der Waals surface area contributed by atoms with Gasteiger partial charge in [0.25, 0.3) is 11.6 Å². The van der Waals surface area contributed by atoms with Crippen molar-refractivity contribution in [3.8, 4) is 5.75 Å². The summed E-state index contributed by atoms with van der Waals surface area (Å²) in [5.41, 5.74) is 2.17. The van der Waals surface area contributed by atoms with E-state index in [9.17, 15) is 19.7 Å². The Morgan fingerprint density at radius 2 is 1.83 bits per heavy atom. The molecule has 30 heavy (non-hydrogen) atoms. The van der Waals surface area contributed by atoms with Gasteiger partial charge in [-0.05, 0) is 13.0 Å². The highest BCUT2D eigenvalue weighted by Crippen LogP contribution is 2.28. The van der Waals surface area contributed by atoms with E-state index in [-0.39, 0.29) is 35.6 Å². The number of nitrogens with one attached hydrogen (secondary N) is 2. The van der Waals surface area contributed by atoms with Crippen molar-refractivity contribution in [2.75, 3.05) is 32.1 Å². The number of nitrogens with zero attached hydrogens (tertiary/aromatic N) is 1. The molecule has 1 saturated heterocycles. The summed E-state index contributed by atoms with van der Waals surface area (Å²) in [6.07, 6.45) is 1.49. The fourth-order valence-corrected chi connectivity index (χ4v) is 3.74. The van der Waals surface area contributed by atoms with Gasteiger partial charge in [-0.25, -0.2) is 0 Å². The summed E-state index contributed by atoms with van der Waals surface area (Å²) in [6, 6.07) is 11.7. The number of quaternary nitrogens is 1. The van der Waals surface area contributed by atoms with E-state index in [1.54, 1.807) is 0 Å². The number of Topliss-reactive ketones (excluding diaryl/α,β-unsaturated/α-hetero) is 1. The zero-order valence-electron chi connectivity index (χ0n) is 17.1. The van der Waals surface area contributed by atoms with Gasteiger partial charge in [-0.1, -0.05) is 29.8 Å².